The third-order valence-electron chi connectivity index (χ3n) is 6.40. The molecule has 1 saturated heterocycles. The fourth-order valence-electron chi connectivity index (χ4n) is 4.70. The number of benzene rings is 3. The van der Waals surface area contributed by atoms with Gasteiger partial charge in [-0.05, 0) is 53.8 Å². The van der Waals surface area contributed by atoms with E-state index in [1.165, 1.54) is 16.7 Å². The Morgan fingerprint density at radius 1 is 1.09 bits per heavy atom. The molecule has 2 aliphatic rings. The highest BCUT2D eigenvalue weighted by Crippen LogP contribution is 2.48. The van der Waals surface area contributed by atoms with E-state index in [0.29, 0.717) is 21.3 Å². The molecule has 0 spiro atoms. The predicted molar refractivity (Wildman–Crippen MR) is 147 cm³/mol. The fraction of sp³-hybridized carbons (Fsp3) is 0.231. The van der Waals surface area contributed by atoms with E-state index in [2.05, 4.69) is 70.8 Å². The molecule has 1 aromatic heterocycles. The molecule has 0 radical (unpaired) electrons. The molecular formula is C26H22Cl2N4S2. The Morgan fingerprint density at radius 2 is 1.88 bits per heavy atom. The number of nitrogens with zero attached hydrogens (tertiary/aromatic N) is 3. The standard InChI is InChI=1S/C26H22Cl2N4S2/c1-32-24-18-5-3-2-4-16(18)12-23(24)34-26(32)30-17-8-6-15(7-9-17)10-11-29-25-31-21-13-19(27)20(28)14-22(21)33-25/h2-9,13-14,23-24H,10-12H2,1H3,(H,29,31). The van der Waals surface area contributed by atoms with Crippen molar-refractivity contribution in [2.75, 3.05) is 18.9 Å². The molecule has 0 amide bonds. The van der Waals surface area contributed by atoms with Gasteiger partial charge in [0.15, 0.2) is 10.3 Å². The van der Waals surface area contributed by atoms with E-state index in [4.69, 9.17) is 28.2 Å². The van der Waals surface area contributed by atoms with E-state index < -0.39 is 0 Å². The maximum Gasteiger partial charge on any atom is 0.183 e. The number of halogens is 2. The van der Waals surface area contributed by atoms with Crippen molar-refractivity contribution in [1.82, 2.24) is 9.88 Å². The molecular weight excluding hydrogens is 503 g/mol. The molecule has 1 N–H and O–H groups in total. The lowest BCUT2D eigenvalue weighted by molar-refractivity contribution is 0.402. The van der Waals surface area contributed by atoms with Crippen LogP contribution < -0.4 is 5.32 Å². The molecule has 1 aliphatic carbocycles. The number of nitrogens with one attached hydrogen (secondary N) is 1. The van der Waals surface area contributed by atoms with Crippen molar-refractivity contribution in [3.63, 3.8) is 0 Å². The zero-order chi connectivity index (χ0) is 23.2. The number of fused-ring (bicyclic) bond motifs is 4. The van der Waals surface area contributed by atoms with Crippen LogP contribution in [0.25, 0.3) is 10.2 Å². The summed E-state index contributed by atoms with van der Waals surface area (Å²) in [5, 5.41) is 7.05. The summed E-state index contributed by atoms with van der Waals surface area (Å²) in [4.78, 5) is 11.9. The zero-order valence-corrected chi connectivity index (χ0v) is 21.6. The van der Waals surface area contributed by atoms with Crippen LogP contribution in [-0.4, -0.2) is 33.9 Å². The molecule has 0 saturated carbocycles. The summed E-state index contributed by atoms with van der Waals surface area (Å²) in [5.41, 5.74) is 6.07. The van der Waals surface area contributed by atoms with Gasteiger partial charge in [0, 0.05) is 18.8 Å². The van der Waals surface area contributed by atoms with Crippen molar-refractivity contribution >= 4 is 72.5 Å². The molecule has 2 heterocycles. The first-order valence-corrected chi connectivity index (χ1v) is 13.6. The zero-order valence-electron chi connectivity index (χ0n) is 18.5. The second-order valence-corrected chi connectivity index (χ2v) is 11.7. The SMILES string of the molecule is CN1C(=Nc2ccc(CCNc3nc4cc(Cl)c(Cl)cc4s3)cc2)SC2Cc3ccccc3C21. The normalized spacial score (nSPS) is 20.2. The molecule has 3 aromatic carbocycles. The largest absolute Gasteiger partial charge is 0.361 e. The summed E-state index contributed by atoms with van der Waals surface area (Å²) in [6.45, 7) is 0.802. The Kier molecular flexibility index (Phi) is 5.94. The van der Waals surface area contributed by atoms with Crippen LogP contribution in [0, 0.1) is 0 Å². The van der Waals surface area contributed by atoms with E-state index in [1.54, 1.807) is 11.3 Å². The molecule has 1 fully saturated rings. The number of aliphatic imine (C=N–C) groups is 1. The highest BCUT2D eigenvalue weighted by atomic mass is 35.5. The minimum absolute atomic E-state index is 0.430. The molecule has 2 unspecified atom stereocenters. The van der Waals surface area contributed by atoms with Gasteiger partial charge in [-0.1, -0.05) is 82.7 Å². The Bertz CT molecular complexity index is 1360. The monoisotopic (exact) mass is 524 g/mol. The van der Waals surface area contributed by atoms with Crippen LogP contribution in [0.3, 0.4) is 0 Å². The van der Waals surface area contributed by atoms with Gasteiger partial charge >= 0.3 is 0 Å². The minimum Gasteiger partial charge on any atom is -0.361 e. The third kappa shape index (κ3) is 4.17. The number of thiazole rings is 1. The molecule has 4 nitrogen and oxygen atoms in total. The smallest absolute Gasteiger partial charge is 0.183 e. The molecule has 1 aliphatic heterocycles. The number of aromatic nitrogens is 1. The van der Waals surface area contributed by atoms with Crippen molar-refractivity contribution in [2.45, 2.75) is 24.1 Å². The summed E-state index contributed by atoms with van der Waals surface area (Å²) in [5.74, 6) is 0. The maximum atomic E-state index is 6.11. The van der Waals surface area contributed by atoms with Gasteiger partial charge in [-0.3, -0.25) is 0 Å². The second kappa shape index (κ2) is 9.08. The third-order valence-corrected chi connectivity index (χ3v) is 9.42. The first-order chi connectivity index (χ1) is 16.5. The van der Waals surface area contributed by atoms with Gasteiger partial charge in [0.25, 0.3) is 0 Å². The molecule has 6 rings (SSSR count). The van der Waals surface area contributed by atoms with Gasteiger partial charge in [0.05, 0.1) is 32.0 Å². The predicted octanol–water partition coefficient (Wildman–Crippen LogP) is 7.59. The van der Waals surface area contributed by atoms with Crippen molar-refractivity contribution in [3.8, 4) is 0 Å². The lowest BCUT2D eigenvalue weighted by atomic mass is 10.1. The Hall–Kier alpha value is -2.25. The van der Waals surface area contributed by atoms with Gasteiger partial charge in [-0.2, -0.15) is 0 Å². The summed E-state index contributed by atoms with van der Waals surface area (Å²) in [6, 6.07) is 21.5. The fourth-order valence-corrected chi connectivity index (χ4v) is 7.43. The average Bonchev–Trinajstić information content (AvgIpc) is 3.48. The lowest BCUT2D eigenvalue weighted by Gasteiger charge is -2.21. The quantitative estimate of drug-likeness (QED) is 0.292. The van der Waals surface area contributed by atoms with Crippen molar-refractivity contribution in [1.29, 1.82) is 0 Å². The van der Waals surface area contributed by atoms with Crippen molar-refractivity contribution < 1.29 is 0 Å². The van der Waals surface area contributed by atoms with E-state index >= 15 is 0 Å². The van der Waals surface area contributed by atoms with Gasteiger partial charge < -0.3 is 10.2 Å². The van der Waals surface area contributed by atoms with Crippen LogP contribution in [0.1, 0.15) is 22.7 Å². The van der Waals surface area contributed by atoms with Gasteiger partial charge in [-0.25, -0.2) is 9.98 Å². The van der Waals surface area contributed by atoms with Crippen LogP contribution in [0.2, 0.25) is 10.0 Å². The van der Waals surface area contributed by atoms with E-state index in [0.717, 1.165) is 45.6 Å². The molecule has 0 bridgehead atoms. The van der Waals surface area contributed by atoms with Crippen molar-refractivity contribution in [3.05, 3.63) is 87.4 Å². The molecule has 4 aromatic rings. The Balaban J connectivity index is 1.08. The summed E-state index contributed by atoms with van der Waals surface area (Å²) in [7, 11) is 2.17. The van der Waals surface area contributed by atoms with E-state index in [-0.39, 0.29) is 0 Å². The summed E-state index contributed by atoms with van der Waals surface area (Å²) >= 11 is 15.7. The average molecular weight is 526 g/mol. The van der Waals surface area contributed by atoms with Gasteiger partial charge in [-0.15, -0.1) is 0 Å². The highest BCUT2D eigenvalue weighted by Gasteiger charge is 2.43. The first-order valence-electron chi connectivity index (χ1n) is 11.2. The summed E-state index contributed by atoms with van der Waals surface area (Å²) in [6.07, 6.45) is 2.03. The van der Waals surface area contributed by atoms with Crippen LogP contribution in [0.5, 0.6) is 0 Å². The lowest BCUT2D eigenvalue weighted by Crippen LogP contribution is -2.23. The maximum absolute atomic E-state index is 6.11. The Labute approximate surface area is 217 Å². The van der Waals surface area contributed by atoms with Crippen LogP contribution in [0.4, 0.5) is 10.8 Å². The van der Waals surface area contributed by atoms with Gasteiger partial charge in [0.2, 0.25) is 0 Å². The second-order valence-electron chi connectivity index (χ2n) is 8.61. The summed E-state index contributed by atoms with van der Waals surface area (Å²) < 4.78 is 1.03. The highest BCUT2D eigenvalue weighted by molar-refractivity contribution is 8.14. The van der Waals surface area contributed by atoms with E-state index in [9.17, 15) is 0 Å². The molecule has 8 heteroatoms. The number of hydrogen-bond donors (Lipinski definition) is 1. The topological polar surface area (TPSA) is 40.5 Å². The number of amidine groups is 1. The number of rotatable bonds is 5. The molecule has 2 atom stereocenters. The van der Waals surface area contributed by atoms with Crippen LogP contribution in [-0.2, 0) is 12.8 Å². The van der Waals surface area contributed by atoms with Gasteiger partial charge in [0.1, 0.15) is 0 Å². The number of hydrogen-bond acceptors (Lipinski definition) is 5. The van der Waals surface area contributed by atoms with E-state index in [1.807, 2.05) is 23.9 Å². The van der Waals surface area contributed by atoms with Crippen LogP contribution in [0.15, 0.2) is 65.7 Å². The Morgan fingerprint density at radius 3 is 2.74 bits per heavy atom. The van der Waals surface area contributed by atoms with Crippen molar-refractivity contribution in [2.24, 2.45) is 4.99 Å². The number of thioether (sulfide) groups is 1. The molecule has 34 heavy (non-hydrogen) atoms. The first kappa shape index (κ1) is 22.2. The number of anilines is 1. The van der Waals surface area contributed by atoms with Crippen LogP contribution >= 0.6 is 46.3 Å². The minimum atomic E-state index is 0.430. The molecule has 172 valence electrons.